The lowest BCUT2D eigenvalue weighted by Crippen LogP contribution is -2.44. The molecule has 0 unspecified atom stereocenters. The molecule has 3 N–H and O–H groups in total. The Bertz CT molecular complexity index is 1080. The van der Waals surface area contributed by atoms with Crippen molar-refractivity contribution in [1.82, 2.24) is 20.6 Å². The lowest BCUT2D eigenvalue weighted by atomic mass is 9.71. The number of nitrogens with zero attached hydrogens (tertiary/aromatic N) is 2. The predicted molar refractivity (Wildman–Crippen MR) is 117 cm³/mol. The Kier molecular flexibility index (Phi) is 5.94. The predicted octanol–water partition coefficient (Wildman–Crippen LogP) is 2.97. The van der Waals surface area contributed by atoms with Crippen LogP contribution in [0, 0.1) is 18.2 Å². The summed E-state index contributed by atoms with van der Waals surface area (Å²) < 4.78 is 13.8. The van der Waals surface area contributed by atoms with Crippen LogP contribution in [0.15, 0.2) is 18.5 Å². The van der Waals surface area contributed by atoms with Crippen LogP contribution < -0.4 is 15.5 Å². The fourth-order valence-electron chi connectivity index (χ4n) is 4.69. The lowest BCUT2D eigenvalue weighted by molar-refractivity contribution is -0.127. The van der Waals surface area contributed by atoms with Gasteiger partial charge in [0.05, 0.1) is 22.5 Å². The quantitative estimate of drug-likeness (QED) is 0.650. The fourth-order valence-corrected chi connectivity index (χ4v) is 4.95. The molecule has 0 radical (unpaired) electrons. The third kappa shape index (κ3) is 3.85. The summed E-state index contributed by atoms with van der Waals surface area (Å²) in [5, 5.41) is 5.64. The number of aromatic nitrogens is 2. The highest BCUT2D eigenvalue weighted by atomic mass is 35.5. The zero-order valence-electron chi connectivity index (χ0n) is 17.9. The maximum Gasteiger partial charge on any atom is 0.272 e. The number of imidazole rings is 1. The van der Waals surface area contributed by atoms with E-state index >= 15 is 0 Å². The van der Waals surface area contributed by atoms with Crippen LogP contribution in [0.25, 0.3) is 0 Å². The second kappa shape index (κ2) is 8.54. The molecule has 8 nitrogen and oxygen atoms in total. The van der Waals surface area contributed by atoms with Gasteiger partial charge in [-0.05, 0) is 56.7 Å². The van der Waals surface area contributed by atoms with Crippen LogP contribution in [0.2, 0.25) is 5.02 Å². The number of nitrogens with one attached hydrogen (secondary N) is 3. The average Bonchev–Trinajstić information content (AvgIpc) is 3.38. The number of rotatable bonds is 4. The Morgan fingerprint density at radius 3 is 2.66 bits per heavy atom. The first-order chi connectivity index (χ1) is 15.3. The number of carbonyl (C=O) groups excluding carboxylic acids is 3. The van der Waals surface area contributed by atoms with Crippen molar-refractivity contribution in [1.29, 1.82) is 0 Å². The summed E-state index contributed by atoms with van der Waals surface area (Å²) >= 11 is 6.23. The van der Waals surface area contributed by atoms with Crippen molar-refractivity contribution in [2.24, 2.45) is 5.41 Å². The zero-order chi connectivity index (χ0) is 23.0. The van der Waals surface area contributed by atoms with Gasteiger partial charge in [-0.15, -0.1) is 0 Å². The molecule has 1 saturated carbocycles. The van der Waals surface area contributed by atoms with Crippen molar-refractivity contribution >= 4 is 35.0 Å². The molecular weight excluding hydrogens is 437 g/mol. The summed E-state index contributed by atoms with van der Waals surface area (Å²) in [7, 11) is 1.47. The van der Waals surface area contributed by atoms with Crippen molar-refractivity contribution in [3.8, 4) is 0 Å². The number of hydrogen-bond acceptors (Lipinski definition) is 4. The summed E-state index contributed by atoms with van der Waals surface area (Å²) in [6.45, 7) is 2.18. The van der Waals surface area contributed by atoms with Crippen molar-refractivity contribution < 1.29 is 18.8 Å². The van der Waals surface area contributed by atoms with Gasteiger partial charge < -0.3 is 20.5 Å². The van der Waals surface area contributed by atoms with E-state index < -0.39 is 23.0 Å². The summed E-state index contributed by atoms with van der Waals surface area (Å²) in [6.07, 6.45) is 4.56. The molecule has 10 heteroatoms. The number of hydrogen-bond donors (Lipinski definition) is 3. The normalized spacial score (nSPS) is 22.9. The second-order valence-corrected chi connectivity index (χ2v) is 8.90. The standard InChI is InChI=1S/C22H25ClFN5O3/c1-12-9-16(14(23)10-15(12)24)29-8-7-22(21(29)32)5-3-13(4-6-22)28-20(31)18-17(19(30)25-2)26-11-27-18/h9-11,13H,3-8H2,1-2H3,(H,25,30)(H,26,27)(H,28,31)/t13-,22-. The van der Waals surface area contributed by atoms with Gasteiger partial charge in [-0.2, -0.15) is 0 Å². The minimum absolute atomic E-state index is 0.00524. The van der Waals surface area contributed by atoms with E-state index in [0.717, 1.165) is 0 Å². The van der Waals surface area contributed by atoms with Gasteiger partial charge in [-0.3, -0.25) is 14.4 Å². The number of anilines is 1. The maximum absolute atomic E-state index is 13.8. The highest BCUT2D eigenvalue weighted by Gasteiger charge is 2.49. The first kappa shape index (κ1) is 22.3. The van der Waals surface area contributed by atoms with Gasteiger partial charge in [0.1, 0.15) is 11.5 Å². The van der Waals surface area contributed by atoms with Gasteiger partial charge in [0.25, 0.3) is 11.8 Å². The van der Waals surface area contributed by atoms with Crippen molar-refractivity contribution in [3.63, 3.8) is 0 Å². The number of aryl methyl sites for hydroxylation is 1. The Morgan fingerprint density at radius 1 is 1.25 bits per heavy atom. The first-order valence-corrected chi connectivity index (χ1v) is 11.0. The van der Waals surface area contributed by atoms with Crippen LogP contribution in [0.4, 0.5) is 10.1 Å². The molecule has 2 heterocycles. The minimum Gasteiger partial charge on any atom is -0.354 e. The average molecular weight is 462 g/mol. The van der Waals surface area contributed by atoms with Crippen molar-refractivity contribution in [2.75, 3.05) is 18.5 Å². The fraction of sp³-hybridized carbons (Fsp3) is 0.455. The molecule has 1 aromatic carbocycles. The SMILES string of the molecule is CNC(=O)c1nc[nH]c1C(=O)N[C@H]1CC[C@@]2(CCN(c3cc(C)c(F)cc3Cl)C2=O)CC1. The van der Waals surface area contributed by atoms with Crippen LogP contribution in [-0.2, 0) is 4.79 Å². The summed E-state index contributed by atoms with van der Waals surface area (Å²) in [4.78, 5) is 46.1. The van der Waals surface area contributed by atoms with E-state index in [1.165, 1.54) is 19.4 Å². The van der Waals surface area contributed by atoms with Crippen molar-refractivity contribution in [2.45, 2.75) is 45.1 Å². The van der Waals surface area contributed by atoms with Gasteiger partial charge in [-0.1, -0.05) is 11.6 Å². The number of aromatic amines is 1. The van der Waals surface area contributed by atoms with Gasteiger partial charge in [-0.25, -0.2) is 9.37 Å². The van der Waals surface area contributed by atoms with E-state index in [0.29, 0.717) is 49.9 Å². The molecule has 1 aliphatic heterocycles. The topological polar surface area (TPSA) is 107 Å². The number of amides is 3. The van der Waals surface area contributed by atoms with Gasteiger partial charge >= 0.3 is 0 Å². The van der Waals surface area contributed by atoms with Gasteiger partial charge in [0.15, 0.2) is 5.69 Å². The molecule has 4 rings (SSSR count). The second-order valence-electron chi connectivity index (χ2n) is 8.49. The molecule has 3 amide bonds. The Labute approximate surface area is 189 Å². The Balaban J connectivity index is 1.41. The molecule has 2 fully saturated rings. The molecular formula is C22H25ClFN5O3. The molecule has 1 saturated heterocycles. The van der Waals surface area contributed by atoms with Crippen LogP contribution in [0.1, 0.15) is 58.6 Å². The Hall–Kier alpha value is -2.94. The summed E-state index contributed by atoms with van der Waals surface area (Å²) in [5.41, 5.74) is 0.663. The monoisotopic (exact) mass is 461 g/mol. The van der Waals surface area contributed by atoms with E-state index in [4.69, 9.17) is 11.6 Å². The zero-order valence-corrected chi connectivity index (χ0v) is 18.7. The number of benzene rings is 1. The molecule has 1 aliphatic carbocycles. The molecule has 0 bridgehead atoms. The molecule has 170 valence electrons. The highest BCUT2D eigenvalue weighted by molar-refractivity contribution is 6.34. The molecule has 1 spiro atoms. The lowest BCUT2D eigenvalue weighted by Gasteiger charge is -2.36. The smallest absolute Gasteiger partial charge is 0.272 e. The van der Waals surface area contributed by atoms with E-state index in [2.05, 4.69) is 20.6 Å². The minimum atomic E-state index is -0.492. The number of H-pyrrole nitrogens is 1. The van der Waals surface area contributed by atoms with Crippen LogP contribution in [-0.4, -0.2) is 47.3 Å². The van der Waals surface area contributed by atoms with E-state index in [-0.39, 0.29) is 28.4 Å². The van der Waals surface area contributed by atoms with E-state index in [1.54, 1.807) is 17.9 Å². The van der Waals surface area contributed by atoms with E-state index in [9.17, 15) is 18.8 Å². The highest BCUT2D eigenvalue weighted by Crippen LogP contribution is 2.47. The summed E-state index contributed by atoms with van der Waals surface area (Å²) in [5.74, 6) is -1.22. The summed E-state index contributed by atoms with van der Waals surface area (Å²) in [6, 6.07) is 2.77. The molecule has 32 heavy (non-hydrogen) atoms. The van der Waals surface area contributed by atoms with Crippen LogP contribution >= 0.6 is 11.6 Å². The van der Waals surface area contributed by atoms with Crippen LogP contribution in [0.5, 0.6) is 0 Å². The van der Waals surface area contributed by atoms with Gasteiger partial charge in [0, 0.05) is 19.6 Å². The largest absolute Gasteiger partial charge is 0.354 e. The van der Waals surface area contributed by atoms with Crippen LogP contribution in [0.3, 0.4) is 0 Å². The molecule has 2 aromatic rings. The first-order valence-electron chi connectivity index (χ1n) is 10.6. The third-order valence-electron chi connectivity index (χ3n) is 6.62. The van der Waals surface area contributed by atoms with Crippen molar-refractivity contribution in [3.05, 3.63) is 46.3 Å². The van der Waals surface area contributed by atoms with E-state index in [1.807, 2.05) is 0 Å². The maximum atomic E-state index is 13.8. The number of carbonyl (C=O) groups is 3. The van der Waals surface area contributed by atoms with Gasteiger partial charge in [0.2, 0.25) is 5.91 Å². The Morgan fingerprint density at radius 2 is 1.97 bits per heavy atom. The molecule has 2 aliphatic rings. The third-order valence-corrected chi connectivity index (χ3v) is 6.92. The number of halogens is 2. The molecule has 1 aromatic heterocycles. The molecule has 0 atom stereocenters.